The van der Waals surface area contributed by atoms with E-state index >= 15 is 0 Å². The first-order valence-corrected chi connectivity index (χ1v) is 11.1. The summed E-state index contributed by atoms with van der Waals surface area (Å²) in [6.07, 6.45) is 1.44. The summed E-state index contributed by atoms with van der Waals surface area (Å²) in [5, 5.41) is 30.3. The summed E-state index contributed by atoms with van der Waals surface area (Å²) in [6, 6.07) is 8.90. The molecule has 3 rings (SSSR count). The summed E-state index contributed by atoms with van der Waals surface area (Å²) in [4.78, 5) is 33.8. The maximum absolute atomic E-state index is 12.6. The lowest BCUT2D eigenvalue weighted by Gasteiger charge is -2.12. The number of hydrogen-bond acceptors (Lipinski definition) is 9. The van der Waals surface area contributed by atoms with E-state index in [4.69, 9.17) is 9.47 Å². The average molecular weight is 511 g/mol. The number of benzene rings is 2. The van der Waals surface area contributed by atoms with Crippen LogP contribution < -0.4 is 14.9 Å². The van der Waals surface area contributed by atoms with Gasteiger partial charge in [0.05, 0.1) is 23.2 Å². The molecular weight excluding hydrogens is 484 g/mol. The van der Waals surface area contributed by atoms with Crippen LogP contribution in [0.3, 0.4) is 0 Å². The van der Waals surface area contributed by atoms with E-state index in [2.05, 4.69) is 15.6 Å². The molecule has 1 atom stereocenters. The van der Waals surface area contributed by atoms with Gasteiger partial charge >= 0.3 is 5.69 Å². The number of methoxy groups -OCH3 is 1. The van der Waals surface area contributed by atoms with Crippen molar-refractivity contribution in [2.45, 2.75) is 40.3 Å². The molecule has 0 bridgehead atoms. The predicted molar refractivity (Wildman–Crippen MR) is 134 cm³/mol. The molecule has 0 aliphatic rings. The number of hydrazone groups is 1. The van der Waals surface area contributed by atoms with Gasteiger partial charge in [0.1, 0.15) is 35.5 Å². The molecule has 0 spiro atoms. The molecule has 1 N–H and O–H groups in total. The fourth-order valence-electron chi connectivity index (χ4n) is 3.75. The van der Waals surface area contributed by atoms with Crippen LogP contribution in [0.4, 0.5) is 11.4 Å². The van der Waals surface area contributed by atoms with Gasteiger partial charge < -0.3 is 9.47 Å². The number of ether oxygens (including phenoxy) is 2. The van der Waals surface area contributed by atoms with Crippen molar-refractivity contribution < 1.29 is 24.1 Å². The molecule has 1 amide bonds. The zero-order valence-electron chi connectivity index (χ0n) is 20.9. The highest BCUT2D eigenvalue weighted by molar-refractivity contribution is 5.84. The van der Waals surface area contributed by atoms with Crippen LogP contribution in [0.15, 0.2) is 41.5 Å². The van der Waals surface area contributed by atoms with Crippen molar-refractivity contribution in [2.75, 3.05) is 7.11 Å². The molecule has 0 aliphatic carbocycles. The molecular formula is C24H26N6O7. The lowest BCUT2D eigenvalue weighted by atomic mass is 10.1. The zero-order chi connectivity index (χ0) is 27.3. The summed E-state index contributed by atoms with van der Waals surface area (Å²) in [6.45, 7) is 6.37. The summed E-state index contributed by atoms with van der Waals surface area (Å²) in [5.41, 5.74) is 4.63. The molecule has 194 valence electrons. The number of carbonyl (C=O) groups is 1. The molecule has 0 aliphatic heterocycles. The van der Waals surface area contributed by atoms with Gasteiger partial charge in [-0.3, -0.25) is 29.7 Å². The Labute approximate surface area is 212 Å². The number of aryl methyl sites for hydroxylation is 2. The lowest BCUT2D eigenvalue weighted by Crippen LogP contribution is -2.28. The van der Waals surface area contributed by atoms with Crippen LogP contribution in [0.5, 0.6) is 11.5 Å². The maximum atomic E-state index is 12.6. The topological polar surface area (TPSA) is 164 Å². The maximum Gasteiger partial charge on any atom is 0.312 e. The minimum absolute atomic E-state index is 0.00980. The van der Waals surface area contributed by atoms with Crippen molar-refractivity contribution in [2.24, 2.45) is 5.10 Å². The van der Waals surface area contributed by atoms with Crippen LogP contribution >= 0.6 is 0 Å². The number of hydrogen-bond donors (Lipinski definition) is 1. The fourth-order valence-corrected chi connectivity index (χ4v) is 3.75. The van der Waals surface area contributed by atoms with E-state index in [0.717, 1.165) is 0 Å². The number of amides is 1. The Hall–Kier alpha value is -4.81. The van der Waals surface area contributed by atoms with Crippen molar-refractivity contribution >= 4 is 23.5 Å². The van der Waals surface area contributed by atoms with E-state index < -0.39 is 21.8 Å². The van der Waals surface area contributed by atoms with Gasteiger partial charge in [0.2, 0.25) is 0 Å². The second kappa shape index (κ2) is 11.3. The number of carbonyl (C=O) groups excluding carboxylic acids is 1. The number of aromatic nitrogens is 2. The molecule has 13 nitrogen and oxygen atoms in total. The molecule has 0 saturated heterocycles. The highest BCUT2D eigenvalue weighted by atomic mass is 16.6. The van der Waals surface area contributed by atoms with Crippen molar-refractivity contribution in [1.29, 1.82) is 0 Å². The van der Waals surface area contributed by atoms with Crippen molar-refractivity contribution in [3.8, 4) is 11.5 Å². The van der Waals surface area contributed by atoms with Crippen LogP contribution in [-0.4, -0.2) is 38.9 Å². The van der Waals surface area contributed by atoms with Gasteiger partial charge in [-0.25, -0.2) is 5.43 Å². The van der Waals surface area contributed by atoms with Crippen molar-refractivity contribution in [3.63, 3.8) is 0 Å². The SMILES string of the molecule is COc1ccc(/C=N/NC(=O)C(C)n2nc(C)c([N+](=O)[O-])c2C)cc1COc1ccc([N+](=O)[O-])c(C)c1. The first-order valence-electron chi connectivity index (χ1n) is 11.1. The second-order valence-corrected chi connectivity index (χ2v) is 8.20. The Bertz CT molecular complexity index is 1380. The molecule has 3 aromatic rings. The Morgan fingerprint density at radius 3 is 2.49 bits per heavy atom. The largest absolute Gasteiger partial charge is 0.496 e. The van der Waals surface area contributed by atoms with Gasteiger partial charge in [-0.05, 0) is 63.6 Å². The van der Waals surface area contributed by atoms with E-state index in [0.29, 0.717) is 28.2 Å². The van der Waals surface area contributed by atoms with Gasteiger partial charge in [0.25, 0.3) is 11.6 Å². The van der Waals surface area contributed by atoms with E-state index in [1.54, 1.807) is 38.1 Å². The first-order chi connectivity index (χ1) is 17.5. The molecule has 1 aromatic heterocycles. The Balaban J connectivity index is 1.69. The number of rotatable bonds is 10. The number of nitro benzene ring substituents is 1. The molecule has 0 radical (unpaired) electrons. The molecule has 13 heteroatoms. The second-order valence-electron chi connectivity index (χ2n) is 8.20. The van der Waals surface area contributed by atoms with Gasteiger partial charge in [-0.1, -0.05) is 0 Å². The minimum atomic E-state index is -0.825. The quantitative estimate of drug-likeness (QED) is 0.243. The number of nitrogens with one attached hydrogen (secondary N) is 1. The van der Waals surface area contributed by atoms with Crippen LogP contribution in [0.2, 0.25) is 0 Å². The molecule has 0 saturated carbocycles. The standard InChI is InChI=1S/C24H26N6O7/c1-14-10-20(7-8-21(14)29(32)33)37-13-19-11-18(6-9-22(19)36-5)12-25-26-24(31)17(4)28-16(3)23(30(34)35)15(2)27-28/h6-12,17H,13H2,1-5H3,(H,26,31)/b25-12+. The Kier molecular flexibility index (Phi) is 8.17. The van der Waals surface area contributed by atoms with E-state index in [-0.39, 0.29) is 29.4 Å². The van der Waals surface area contributed by atoms with Gasteiger partial charge in [-0.15, -0.1) is 0 Å². The third-order valence-electron chi connectivity index (χ3n) is 5.67. The lowest BCUT2D eigenvalue weighted by molar-refractivity contribution is -0.386. The zero-order valence-corrected chi connectivity index (χ0v) is 20.9. The van der Waals surface area contributed by atoms with Crippen LogP contribution in [0.1, 0.15) is 41.0 Å². The van der Waals surface area contributed by atoms with Gasteiger partial charge in [0.15, 0.2) is 0 Å². The van der Waals surface area contributed by atoms with Crippen molar-refractivity contribution in [3.05, 3.63) is 84.7 Å². The molecule has 37 heavy (non-hydrogen) atoms. The van der Waals surface area contributed by atoms with E-state index in [1.165, 1.54) is 44.0 Å². The van der Waals surface area contributed by atoms with Crippen LogP contribution in [0.25, 0.3) is 0 Å². The molecule has 2 aromatic carbocycles. The predicted octanol–water partition coefficient (Wildman–Crippen LogP) is 3.92. The monoisotopic (exact) mass is 510 g/mol. The Morgan fingerprint density at radius 1 is 1.16 bits per heavy atom. The highest BCUT2D eigenvalue weighted by Gasteiger charge is 2.26. The van der Waals surface area contributed by atoms with Crippen LogP contribution in [0, 0.1) is 41.0 Å². The third kappa shape index (κ3) is 6.07. The van der Waals surface area contributed by atoms with Gasteiger partial charge in [0, 0.05) is 17.2 Å². The highest BCUT2D eigenvalue weighted by Crippen LogP contribution is 2.26. The smallest absolute Gasteiger partial charge is 0.312 e. The molecule has 1 heterocycles. The summed E-state index contributed by atoms with van der Waals surface area (Å²) >= 11 is 0. The van der Waals surface area contributed by atoms with E-state index in [1.807, 2.05) is 0 Å². The third-order valence-corrected chi connectivity index (χ3v) is 5.67. The summed E-state index contributed by atoms with van der Waals surface area (Å²) in [5.74, 6) is 0.539. The fraction of sp³-hybridized carbons (Fsp3) is 0.292. The van der Waals surface area contributed by atoms with E-state index in [9.17, 15) is 25.0 Å². The number of nitrogens with zero attached hydrogens (tertiary/aromatic N) is 5. The average Bonchev–Trinajstić information content (AvgIpc) is 3.15. The van der Waals surface area contributed by atoms with Crippen LogP contribution in [-0.2, 0) is 11.4 Å². The van der Waals surface area contributed by atoms with Gasteiger partial charge in [-0.2, -0.15) is 10.2 Å². The molecule has 0 fully saturated rings. The minimum Gasteiger partial charge on any atom is -0.496 e. The normalized spacial score (nSPS) is 11.8. The first kappa shape index (κ1) is 26.8. The summed E-state index contributed by atoms with van der Waals surface area (Å²) < 4.78 is 12.5. The molecule has 1 unspecified atom stereocenters. The Morgan fingerprint density at radius 2 is 1.89 bits per heavy atom. The summed E-state index contributed by atoms with van der Waals surface area (Å²) in [7, 11) is 1.52. The number of nitro groups is 2. The van der Waals surface area contributed by atoms with Crippen molar-refractivity contribution in [1.82, 2.24) is 15.2 Å².